The second-order valence-corrected chi connectivity index (χ2v) is 6.10. The Bertz CT molecular complexity index is 478. The van der Waals surface area contributed by atoms with Crippen LogP contribution in [0.2, 0.25) is 0 Å². The van der Waals surface area contributed by atoms with E-state index in [0.717, 1.165) is 18.8 Å². The SMILES string of the molecule is CC(C)(C)CCNCc1ccc(-n2cccn2)cc1. The summed E-state index contributed by atoms with van der Waals surface area (Å²) in [5, 5.41) is 7.71. The van der Waals surface area contributed by atoms with E-state index in [1.807, 2.05) is 16.9 Å². The molecule has 0 unspecified atom stereocenters. The average Bonchev–Trinajstić information content (AvgIpc) is 2.88. The molecule has 3 nitrogen and oxygen atoms in total. The van der Waals surface area contributed by atoms with E-state index in [-0.39, 0.29) is 0 Å². The van der Waals surface area contributed by atoms with Gasteiger partial charge in [-0.1, -0.05) is 32.9 Å². The van der Waals surface area contributed by atoms with Crippen molar-refractivity contribution in [3.05, 3.63) is 48.3 Å². The third-order valence-corrected chi connectivity index (χ3v) is 3.09. The molecule has 0 atom stereocenters. The van der Waals surface area contributed by atoms with Crippen LogP contribution < -0.4 is 5.32 Å². The molecule has 0 fully saturated rings. The highest BCUT2D eigenvalue weighted by Gasteiger charge is 2.08. The van der Waals surface area contributed by atoms with Crippen LogP contribution in [0.3, 0.4) is 0 Å². The molecular formula is C16H23N3. The number of rotatable bonds is 5. The summed E-state index contributed by atoms with van der Waals surface area (Å²) in [5.74, 6) is 0. The Kier molecular flexibility index (Phi) is 4.38. The van der Waals surface area contributed by atoms with Gasteiger partial charge in [-0.05, 0) is 42.1 Å². The van der Waals surface area contributed by atoms with E-state index in [2.05, 4.69) is 55.5 Å². The van der Waals surface area contributed by atoms with Crippen molar-refractivity contribution in [1.82, 2.24) is 15.1 Å². The monoisotopic (exact) mass is 257 g/mol. The molecule has 0 aliphatic heterocycles. The fourth-order valence-corrected chi connectivity index (χ4v) is 1.88. The maximum absolute atomic E-state index is 4.22. The quantitative estimate of drug-likeness (QED) is 0.832. The van der Waals surface area contributed by atoms with Gasteiger partial charge >= 0.3 is 0 Å². The molecule has 2 rings (SSSR count). The van der Waals surface area contributed by atoms with E-state index in [0.29, 0.717) is 5.41 Å². The lowest BCUT2D eigenvalue weighted by Gasteiger charge is -2.18. The van der Waals surface area contributed by atoms with E-state index in [1.165, 1.54) is 12.0 Å². The van der Waals surface area contributed by atoms with Crippen molar-refractivity contribution in [2.45, 2.75) is 33.7 Å². The van der Waals surface area contributed by atoms with Crippen molar-refractivity contribution in [2.75, 3.05) is 6.54 Å². The summed E-state index contributed by atoms with van der Waals surface area (Å²) < 4.78 is 1.87. The highest BCUT2D eigenvalue weighted by molar-refractivity contribution is 5.33. The van der Waals surface area contributed by atoms with Gasteiger partial charge in [-0.25, -0.2) is 4.68 Å². The Hall–Kier alpha value is -1.61. The Morgan fingerprint density at radius 1 is 1.16 bits per heavy atom. The zero-order valence-electron chi connectivity index (χ0n) is 12.1. The Labute approximate surface area is 115 Å². The Balaban J connectivity index is 1.83. The first kappa shape index (κ1) is 13.8. The van der Waals surface area contributed by atoms with Gasteiger partial charge in [0.15, 0.2) is 0 Å². The molecule has 0 aliphatic carbocycles. The van der Waals surface area contributed by atoms with Crippen LogP contribution in [0.5, 0.6) is 0 Å². The molecule has 102 valence electrons. The van der Waals surface area contributed by atoms with Crippen molar-refractivity contribution >= 4 is 0 Å². The van der Waals surface area contributed by atoms with Crippen molar-refractivity contribution in [3.63, 3.8) is 0 Å². The van der Waals surface area contributed by atoms with Crippen LogP contribution in [-0.4, -0.2) is 16.3 Å². The van der Waals surface area contributed by atoms with Crippen molar-refractivity contribution in [3.8, 4) is 5.69 Å². The van der Waals surface area contributed by atoms with Crippen LogP contribution >= 0.6 is 0 Å². The molecule has 3 heteroatoms. The van der Waals surface area contributed by atoms with E-state index in [1.54, 1.807) is 6.20 Å². The molecular weight excluding hydrogens is 234 g/mol. The van der Waals surface area contributed by atoms with Crippen molar-refractivity contribution < 1.29 is 0 Å². The normalized spacial score (nSPS) is 11.7. The summed E-state index contributed by atoms with van der Waals surface area (Å²) in [7, 11) is 0. The first-order valence-corrected chi connectivity index (χ1v) is 6.84. The lowest BCUT2D eigenvalue weighted by molar-refractivity contribution is 0.366. The van der Waals surface area contributed by atoms with E-state index in [9.17, 15) is 0 Å². The third-order valence-electron chi connectivity index (χ3n) is 3.09. The second-order valence-electron chi connectivity index (χ2n) is 6.10. The summed E-state index contributed by atoms with van der Waals surface area (Å²) in [6.45, 7) is 8.80. The van der Waals surface area contributed by atoms with Crippen LogP contribution in [0, 0.1) is 5.41 Å². The van der Waals surface area contributed by atoms with Crippen molar-refractivity contribution in [2.24, 2.45) is 5.41 Å². The van der Waals surface area contributed by atoms with Crippen LogP contribution in [0.25, 0.3) is 5.69 Å². The minimum absolute atomic E-state index is 0.400. The van der Waals surface area contributed by atoms with E-state index in [4.69, 9.17) is 0 Å². The standard InChI is InChI=1S/C16H23N3/c1-16(2,3)9-11-17-13-14-5-7-15(8-6-14)19-12-4-10-18-19/h4-8,10,12,17H,9,11,13H2,1-3H3. The highest BCUT2D eigenvalue weighted by atomic mass is 15.3. The maximum atomic E-state index is 4.22. The zero-order chi connectivity index (χ0) is 13.7. The van der Waals surface area contributed by atoms with Gasteiger partial charge in [-0.15, -0.1) is 0 Å². The van der Waals surface area contributed by atoms with Gasteiger partial charge in [0.1, 0.15) is 0 Å². The molecule has 0 amide bonds. The summed E-state index contributed by atoms with van der Waals surface area (Å²) in [4.78, 5) is 0. The first-order valence-electron chi connectivity index (χ1n) is 6.84. The van der Waals surface area contributed by atoms with E-state index < -0.39 is 0 Å². The third kappa shape index (κ3) is 4.52. The Morgan fingerprint density at radius 2 is 1.89 bits per heavy atom. The molecule has 0 radical (unpaired) electrons. The molecule has 0 bridgehead atoms. The second kappa shape index (κ2) is 6.02. The summed E-state index contributed by atoms with van der Waals surface area (Å²) >= 11 is 0. The van der Waals surface area contributed by atoms with Gasteiger partial charge in [0.25, 0.3) is 0 Å². The fraction of sp³-hybridized carbons (Fsp3) is 0.438. The van der Waals surface area contributed by atoms with Crippen LogP contribution in [0.15, 0.2) is 42.7 Å². The van der Waals surface area contributed by atoms with Gasteiger partial charge < -0.3 is 5.32 Å². The predicted molar refractivity (Wildman–Crippen MR) is 79.3 cm³/mol. The van der Waals surface area contributed by atoms with Gasteiger partial charge in [-0.2, -0.15) is 5.10 Å². The number of nitrogens with zero attached hydrogens (tertiary/aromatic N) is 2. The average molecular weight is 257 g/mol. The fourth-order valence-electron chi connectivity index (χ4n) is 1.88. The summed E-state index contributed by atoms with van der Waals surface area (Å²) in [5.41, 5.74) is 2.81. The molecule has 2 aromatic rings. The highest BCUT2D eigenvalue weighted by Crippen LogP contribution is 2.17. The molecule has 0 spiro atoms. The molecule has 0 saturated carbocycles. The molecule has 1 heterocycles. The van der Waals surface area contributed by atoms with Crippen molar-refractivity contribution in [1.29, 1.82) is 0 Å². The summed E-state index contributed by atoms with van der Waals surface area (Å²) in [6.07, 6.45) is 4.94. The first-order chi connectivity index (χ1) is 9.04. The molecule has 19 heavy (non-hydrogen) atoms. The van der Waals surface area contributed by atoms with Crippen LogP contribution in [0.1, 0.15) is 32.8 Å². The predicted octanol–water partition coefficient (Wildman–Crippen LogP) is 3.40. The molecule has 1 aromatic heterocycles. The number of nitrogens with one attached hydrogen (secondary N) is 1. The molecule has 1 aromatic carbocycles. The lowest BCUT2D eigenvalue weighted by Crippen LogP contribution is -2.20. The smallest absolute Gasteiger partial charge is 0.0645 e. The topological polar surface area (TPSA) is 29.9 Å². The maximum Gasteiger partial charge on any atom is 0.0645 e. The van der Waals surface area contributed by atoms with Crippen LogP contribution in [0.4, 0.5) is 0 Å². The van der Waals surface area contributed by atoms with Gasteiger partial charge in [0.2, 0.25) is 0 Å². The lowest BCUT2D eigenvalue weighted by atomic mass is 9.92. The number of hydrogen-bond acceptors (Lipinski definition) is 2. The number of benzene rings is 1. The number of aromatic nitrogens is 2. The van der Waals surface area contributed by atoms with Crippen LogP contribution in [-0.2, 0) is 6.54 Å². The zero-order valence-corrected chi connectivity index (χ0v) is 12.1. The Morgan fingerprint density at radius 3 is 2.47 bits per heavy atom. The van der Waals surface area contributed by atoms with E-state index >= 15 is 0 Å². The van der Waals surface area contributed by atoms with Gasteiger partial charge in [0.05, 0.1) is 5.69 Å². The molecule has 1 N–H and O–H groups in total. The minimum Gasteiger partial charge on any atom is -0.313 e. The van der Waals surface area contributed by atoms with Gasteiger partial charge in [0, 0.05) is 18.9 Å². The minimum atomic E-state index is 0.400. The summed E-state index contributed by atoms with van der Waals surface area (Å²) in [6, 6.07) is 10.5. The number of hydrogen-bond donors (Lipinski definition) is 1. The largest absolute Gasteiger partial charge is 0.313 e. The molecule has 0 aliphatic rings. The van der Waals surface area contributed by atoms with Gasteiger partial charge in [-0.3, -0.25) is 0 Å². The molecule has 0 saturated heterocycles.